The second-order valence-corrected chi connectivity index (χ2v) is 2.63. The van der Waals surface area contributed by atoms with Gasteiger partial charge in [0, 0.05) is 12.8 Å². The molecule has 5 heteroatoms. The molecule has 1 N–H and O–H groups in total. The Bertz CT molecular complexity index is 203. The van der Waals surface area contributed by atoms with Gasteiger partial charge in [0.05, 0.1) is 13.2 Å². The first-order valence-corrected chi connectivity index (χ1v) is 4.56. The lowest BCUT2D eigenvalue weighted by atomic mass is 10.2. The molecule has 0 spiro atoms. The Morgan fingerprint density at radius 3 is 2.64 bits per heavy atom. The summed E-state index contributed by atoms with van der Waals surface area (Å²) in [6.07, 6.45) is 1.54. The number of carbonyl (C=O) groups excluding carboxylic acids is 3. The van der Waals surface area contributed by atoms with Crippen LogP contribution in [0.4, 0.5) is 0 Å². The van der Waals surface area contributed by atoms with Gasteiger partial charge in [-0.05, 0) is 13.3 Å². The van der Waals surface area contributed by atoms with Crippen LogP contribution in [0.5, 0.6) is 0 Å². The van der Waals surface area contributed by atoms with E-state index in [9.17, 15) is 14.4 Å². The maximum absolute atomic E-state index is 10.9. The Hall–Kier alpha value is -1.39. The van der Waals surface area contributed by atoms with E-state index in [0.29, 0.717) is 19.3 Å². The SMILES string of the molecule is CCOC(=O)CCCC(=O)NCC=O. The van der Waals surface area contributed by atoms with Gasteiger partial charge in [0.15, 0.2) is 0 Å². The lowest BCUT2D eigenvalue weighted by Crippen LogP contribution is -2.24. The van der Waals surface area contributed by atoms with E-state index >= 15 is 0 Å². The van der Waals surface area contributed by atoms with Crippen LogP contribution in [0.1, 0.15) is 26.2 Å². The predicted molar refractivity (Wildman–Crippen MR) is 49.6 cm³/mol. The van der Waals surface area contributed by atoms with E-state index < -0.39 is 0 Å². The molecule has 0 saturated heterocycles. The van der Waals surface area contributed by atoms with Crippen molar-refractivity contribution < 1.29 is 19.1 Å². The first kappa shape index (κ1) is 12.6. The molecule has 80 valence electrons. The highest BCUT2D eigenvalue weighted by molar-refractivity contribution is 5.78. The summed E-state index contributed by atoms with van der Waals surface area (Å²) in [7, 11) is 0. The second-order valence-electron chi connectivity index (χ2n) is 2.63. The minimum absolute atomic E-state index is 0.0260. The third-order valence-electron chi connectivity index (χ3n) is 1.47. The summed E-state index contributed by atoms with van der Waals surface area (Å²) >= 11 is 0. The van der Waals surface area contributed by atoms with E-state index in [1.807, 2.05) is 0 Å². The van der Waals surface area contributed by atoms with Gasteiger partial charge in [-0.25, -0.2) is 0 Å². The van der Waals surface area contributed by atoms with E-state index in [4.69, 9.17) is 0 Å². The van der Waals surface area contributed by atoms with Gasteiger partial charge in [0.2, 0.25) is 5.91 Å². The van der Waals surface area contributed by atoms with Gasteiger partial charge in [-0.15, -0.1) is 0 Å². The van der Waals surface area contributed by atoms with E-state index in [1.54, 1.807) is 6.92 Å². The van der Waals surface area contributed by atoms with E-state index in [2.05, 4.69) is 10.1 Å². The molecule has 0 aromatic rings. The molecule has 0 aliphatic rings. The summed E-state index contributed by atoms with van der Waals surface area (Å²) in [6.45, 7) is 2.11. The number of rotatable bonds is 7. The molecule has 0 aromatic heterocycles. The summed E-state index contributed by atoms with van der Waals surface area (Å²) in [5.74, 6) is -0.517. The number of aldehydes is 1. The Morgan fingerprint density at radius 1 is 1.36 bits per heavy atom. The molecule has 1 amide bonds. The average Bonchev–Trinajstić information content (AvgIpc) is 2.15. The Balaban J connectivity index is 3.39. The van der Waals surface area contributed by atoms with Crippen LogP contribution in [0.15, 0.2) is 0 Å². The molecule has 0 heterocycles. The third-order valence-corrected chi connectivity index (χ3v) is 1.47. The number of carbonyl (C=O) groups is 3. The fourth-order valence-corrected chi connectivity index (χ4v) is 0.870. The molecule has 0 atom stereocenters. The Kier molecular flexibility index (Phi) is 7.40. The largest absolute Gasteiger partial charge is 0.466 e. The standard InChI is InChI=1S/C9H15NO4/c1-2-14-9(13)5-3-4-8(12)10-6-7-11/h7H,2-6H2,1H3,(H,10,12). The van der Waals surface area contributed by atoms with Crippen LogP contribution in [0.3, 0.4) is 0 Å². The first-order chi connectivity index (χ1) is 6.70. The van der Waals surface area contributed by atoms with Crippen LogP contribution in [0.25, 0.3) is 0 Å². The van der Waals surface area contributed by atoms with Crippen molar-refractivity contribution in [3.63, 3.8) is 0 Å². The normalized spacial score (nSPS) is 9.21. The van der Waals surface area contributed by atoms with Gasteiger partial charge in [-0.1, -0.05) is 0 Å². The molecule has 0 rings (SSSR count). The fourth-order valence-electron chi connectivity index (χ4n) is 0.870. The summed E-state index contributed by atoms with van der Waals surface area (Å²) in [6, 6.07) is 0. The monoisotopic (exact) mass is 201 g/mol. The van der Waals surface area contributed by atoms with Gasteiger partial charge in [-0.3, -0.25) is 9.59 Å². The van der Waals surface area contributed by atoms with Gasteiger partial charge in [-0.2, -0.15) is 0 Å². The number of ether oxygens (including phenoxy) is 1. The van der Waals surface area contributed by atoms with E-state index in [-0.39, 0.29) is 31.3 Å². The average molecular weight is 201 g/mol. The molecule has 0 bridgehead atoms. The topological polar surface area (TPSA) is 72.5 Å². The molecule has 0 fully saturated rings. The quantitative estimate of drug-likeness (QED) is 0.466. The van der Waals surface area contributed by atoms with Gasteiger partial charge in [0.1, 0.15) is 6.29 Å². The number of hydrogen-bond acceptors (Lipinski definition) is 4. The summed E-state index contributed by atoms with van der Waals surface area (Å²) in [5, 5.41) is 2.38. The number of amides is 1. The zero-order valence-electron chi connectivity index (χ0n) is 8.25. The fraction of sp³-hybridized carbons (Fsp3) is 0.667. The highest BCUT2D eigenvalue weighted by Gasteiger charge is 2.04. The molecule has 0 saturated carbocycles. The lowest BCUT2D eigenvalue weighted by molar-refractivity contribution is -0.143. The molecular formula is C9H15NO4. The predicted octanol–water partition coefficient (Wildman–Crippen LogP) is 0.0349. The number of esters is 1. The van der Waals surface area contributed by atoms with Crippen LogP contribution >= 0.6 is 0 Å². The molecule has 0 aliphatic carbocycles. The molecule has 0 radical (unpaired) electrons. The molecule has 5 nitrogen and oxygen atoms in total. The number of nitrogens with one attached hydrogen (secondary N) is 1. The first-order valence-electron chi connectivity index (χ1n) is 4.56. The van der Waals surface area contributed by atoms with Crippen molar-refractivity contribution in [3.05, 3.63) is 0 Å². The van der Waals surface area contributed by atoms with Crippen molar-refractivity contribution in [2.75, 3.05) is 13.2 Å². The van der Waals surface area contributed by atoms with Crippen LogP contribution in [-0.4, -0.2) is 31.3 Å². The third kappa shape index (κ3) is 7.27. The van der Waals surface area contributed by atoms with E-state index in [0.717, 1.165) is 0 Å². The highest BCUT2D eigenvalue weighted by Crippen LogP contribution is 1.97. The van der Waals surface area contributed by atoms with Crippen molar-refractivity contribution in [1.29, 1.82) is 0 Å². The van der Waals surface area contributed by atoms with Crippen LogP contribution in [0.2, 0.25) is 0 Å². The second kappa shape index (κ2) is 8.22. The Labute approximate surface area is 82.8 Å². The summed E-state index contributed by atoms with van der Waals surface area (Å²) in [5.41, 5.74) is 0. The summed E-state index contributed by atoms with van der Waals surface area (Å²) < 4.78 is 4.68. The minimum Gasteiger partial charge on any atom is -0.466 e. The van der Waals surface area contributed by atoms with Crippen LogP contribution in [0, 0.1) is 0 Å². The maximum atomic E-state index is 10.9. The van der Waals surface area contributed by atoms with Gasteiger partial charge < -0.3 is 14.8 Å². The van der Waals surface area contributed by atoms with Crippen molar-refractivity contribution in [3.8, 4) is 0 Å². The summed E-state index contributed by atoms with van der Waals surface area (Å²) in [4.78, 5) is 31.6. The zero-order valence-corrected chi connectivity index (χ0v) is 8.25. The van der Waals surface area contributed by atoms with Gasteiger partial charge >= 0.3 is 5.97 Å². The van der Waals surface area contributed by atoms with Crippen LogP contribution < -0.4 is 5.32 Å². The highest BCUT2D eigenvalue weighted by atomic mass is 16.5. The van der Waals surface area contributed by atoms with Crippen molar-refractivity contribution in [2.24, 2.45) is 0 Å². The zero-order chi connectivity index (χ0) is 10.8. The maximum Gasteiger partial charge on any atom is 0.305 e. The van der Waals surface area contributed by atoms with Crippen molar-refractivity contribution in [2.45, 2.75) is 26.2 Å². The van der Waals surface area contributed by atoms with Crippen molar-refractivity contribution in [1.82, 2.24) is 5.32 Å². The Morgan fingerprint density at radius 2 is 2.07 bits per heavy atom. The molecule has 0 aromatic carbocycles. The van der Waals surface area contributed by atoms with Crippen molar-refractivity contribution >= 4 is 18.2 Å². The molecule has 0 unspecified atom stereocenters. The molecule has 14 heavy (non-hydrogen) atoms. The molecular weight excluding hydrogens is 186 g/mol. The lowest BCUT2D eigenvalue weighted by Gasteiger charge is -2.01. The molecule has 0 aliphatic heterocycles. The number of hydrogen-bond donors (Lipinski definition) is 1. The van der Waals surface area contributed by atoms with Gasteiger partial charge in [0.25, 0.3) is 0 Å². The van der Waals surface area contributed by atoms with E-state index in [1.165, 1.54) is 0 Å². The minimum atomic E-state index is -0.296. The van der Waals surface area contributed by atoms with Crippen LogP contribution in [-0.2, 0) is 19.1 Å². The smallest absolute Gasteiger partial charge is 0.305 e.